The normalized spacial score (nSPS) is 13.1. The van der Waals surface area contributed by atoms with Crippen molar-refractivity contribution in [3.63, 3.8) is 0 Å². The highest BCUT2D eigenvalue weighted by Crippen LogP contribution is 2.23. The van der Waals surface area contributed by atoms with Gasteiger partial charge in [-0.1, -0.05) is 35.3 Å². The predicted molar refractivity (Wildman–Crippen MR) is 102 cm³/mol. The van der Waals surface area contributed by atoms with Crippen molar-refractivity contribution < 1.29 is 4.79 Å². The molecule has 0 atom stereocenters. The third-order valence-electron chi connectivity index (χ3n) is 4.38. The van der Waals surface area contributed by atoms with Crippen LogP contribution in [0.25, 0.3) is 0 Å². The van der Waals surface area contributed by atoms with Crippen molar-refractivity contribution in [2.45, 2.75) is 32.2 Å². The summed E-state index contributed by atoms with van der Waals surface area (Å²) < 4.78 is 0. The first-order chi connectivity index (χ1) is 12.0. The maximum atomic E-state index is 12.4. The fourth-order valence-electron chi connectivity index (χ4n) is 2.93. The minimum atomic E-state index is 0.0820. The highest BCUT2D eigenvalue weighted by Gasteiger charge is 2.13. The highest BCUT2D eigenvalue weighted by atomic mass is 35.5. The molecule has 132 valence electrons. The van der Waals surface area contributed by atoms with Crippen LogP contribution in [-0.2, 0) is 24.2 Å². The Morgan fingerprint density at radius 2 is 2.08 bits per heavy atom. The summed E-state index contributed by atoms with van der Waals surface area (Å²) >= 11 is 11.9. The quantitative estimate of drug-likeness (QED) is 0.842. The Labute approximate surface area is 158 Å². The molecule has 25 heavy (non-hydrogen) atoms. The lowest BCUT2D eigenvalue weighted by atomic mass is 10.1. The van der Waals surface area contributed by atoms with Crippen molar-refractivity contribution in [2.24, 2.45) is 0 Å². The van der Waals surface area contributed by atoms with Gasteiger partial charge in [0, 0.05) is 32.3 Å². The third-order valence-corrected chi connectivity index (χ3v) is 5.12. The Hall–Kier alpha value is -1.78. The maximum absolute atomic E-state index is 12.4. The minimum absolute atomic E-state index is 0.0820. The Morgan fingerprint density at radius 3 is 2.88 bits per heavy atom. The minimum Gasteiger partial charge on any atom is -0.370 e. The number of rotatable bonds is 5. The summed E-state index contributed by atoms with van der Waals surface area (Å²) in [4.78, 5) is 18.7. The van der Waals surface area contributed by atoms with E-state index < -0.39 is 0 Å². The van der Waals surface area contributed by atoms with E-state index in [4.69, 9.17) is 23.2 Å². The summed E-state index contributed by atoms with van der Waals surface area (Å²) in [6.07, 6.45) is 3.29. The number of nitrogens with one attached hydrogen (secondary N) is 1. The molecule has 1 aromatic carbocycles. The number of amides is 1. The zero-order valence-corrected chi connectivity index (χ0v) is 15.7. The van der Waals surface area contributed by atoms with Crippen LogP contribution in [0.1, 0.15) is 29.7 Å². The fourth-order valence-corrected chi connectivity index (χ4v) is 3.25. The van der Waals surface area contributed by atoms with Crippen LogP contribution < -0.4 is 5.32 Å². The molecule has 2 aromatic rings. The van der Waals surface area contributed by atoms with E-state index in [9.17, 15) is 4.79 Å². The second kappa shape index (κ2) is 8.07. The summed E-state index contributed by atoms with van der Waals surface area (Å²) in [5, 5.41) is 4.35. The number of aryl methyl sites for hydroxylation is 2. The van der Waals surface area contributed by atoms with E-state index in [-0.39, 0.29) is 5.91 Å². The molecule has 0 saturated heterocycles. The van der Waals surface area contributed by atoms with E-state index in [1.165, 1.54) is 5.56 Å². The largest absolute Gasteiger partial charge is 0.370 e. The molecule has 0 fully saturated rings. The van der Waals surface area contributed by atoms with Crippen LogP contribution in [0.4, 0.5) is 5.82 Å². The topological polar surface area (TPSA) is 45.2 Å². The monoisotopic (exact) mass is 377 g/mol. The first kappa shape index (κ1) is 18.0. The van der Waals surface area contributed by atoms with Crippen molar-refractivity contribution in [1.29, 1.82) is 0 Å². The second-order valence-electron chi connectivity index (χ2n) is 6.34. The molecule has 3 rings (SSSR count). The Morgan fingerprint density at radius 1 is 1.24 bits per heavy atom. The van der Waals surface area contributed by atoms with E-state index in [0.29, 0.717) is 29.4 Å². The van der Waals surface area contributed by atoms with Gasteiger partial charge in [-0.05, 0) is 48.6 Å². The van der Waals surface area contributed by atoms with Gasteiger partial charge in [-0.3, -0.25) is 4.79 Å². The molecule has 1 aliphatic heterocycles. The molecule has 1 amide bonds. The number of nitrogens with zero attached hydrogens (tertiary/aromatic N) is 2. The van der Waals surface area contributed by atoms with E-state index in [1.54, 1.807) is 24.1 Å². The van der Waals surface area contributed by atoms with Gasteiger partial charge in [0.2, 0.25) is 5.91 Å². The number of pyridine rings is 1. The second-order valence-corrected chi connectivity index (χ2v) is 7.15. The van der Waals surface area contributed by atoms with Crippen molar-refractivity contribution >= 4 is 34.9 Å². The molecule has 0 bridgehead atoms. The van der Waals surface area contributed by atoms with Crippen LogP contribution >= 0.6 is 23.2 Å². The number of carbonyl (C=O) groups excluding carboxylic acids is 1. The Kier molecular flexibility index (Phi) is 5.82. The lowest BCUT2D eigenvalue weighted by Gasteiger charge is -2.19. The molecule has 1 aromatic heterocycles. The van der Waals surface area contributed by atoms with Crippen LogP contribution in [0.3, 0.4) is 0 Å². The zero-order chi connectivity index (χ0) is 17.8. The molecule has 1 N–H and O–H groups in total. The average Bonchev–Trinajstić information content (AvgIpc) is 2.62. The smallest absolute Gasteiger partial charge is 0.223 e. The van der Waals surface area contributed by atoms with E-state index in [1.807, 2.05) is 12.1 Å². The summed E-state index contributed by atoms with van der Waals surface area (Å²) in [7, 11) is 1.80. The number of anilines is 1. The van der Waals surface area contributed by atoms with Gasteiger partial charge in [0.1, 0.15) is 5.82 Å². The Balaban J connectivity index is 1.55. The number of benzene rings is 1. The molecule has 0 saturated carbocycles. The highest BCUT2D eigenvalue weighted by molar-refractivity contribution is 6.42. The summed E-state index contributed by atoms with van der Waals surface area (Å²) in [5.74, 6) is 1.05. The van der Waals surface area contributed by atoms with Gasteiger partial charge in [0.15, 0.2) is 0 Å². The molecule has 6 heteroatoms. The first-order valence-corrected chi connectivity index (χ1v) is 9.19. The molecule has 4 nitrogen and oxygen atoms in total. The van der Waals surface area contributed by atoms with Gasteiger partial charge in [0.25, 0.3) is 0 Å². The van der Waals surface area contributed by atoms with Gasteiger partial charge >= 0.3 is 0 Å². The number of hydrogen-bond donors (Lipinski definition) is 1. The number of aromatic nitrogens is 1. The van der Waals surface area contributed by atoms with Crippen LogP contribution in [0.15, 0.2) is 30.3 Å². The molecule has 0 radical (unpaired) electrons. The molecule has 1 aliphatic rings. The van der Waals surface area contributed by atoms with Crippen molar-refractivity contribution in [3.05, 3.63) is 57.2 Å². The lowest BCUT2D eigenvalue weighted by molar-refractivity contribution is -0.130. The molecular weight excluding hydrogens is 357 g/mol. The van der Waals surface area contributed by atoms with Crippen molar-refractivity contribution in [3.8, 4) is 0 Å². The summed E-state index contributed by atoms with van der Waals surface area (Å²) in [6, 6.07) is 9.58. The van der Waals surface area contributed by atoms with Gasteiger partial charge in [0.05, 0.1) is 10.0 Å². The van der Waals surface area contributed by atoms with Gasteiger partial charge in [-0.15, -0.1) is 0 Å². The zero-order valence-electron chi connectivity index (χ0n) is 14.2. The van der Waals surface area contributed by atoms with Crippen LogP contribution in [0.5, 0.6) is 0 Å². The standard InChI is InChI=1S/C19H21Cl2N3O/c1-24(12-13-4-8-16(20)17(21)11-13)18(25)9-7-15-6-5-14-3-2-10-22-19(14)23-15/h4-6,8,11H,2-3,7,9-10,12H2,1H3,(H,22,23). The van der Waals surface area contributed by atoms with Gasteiger partial charge in [-0.2, -0.15) is 0 Å². The van der Waals surface area contributed by atoms with Crippen LogP contribution in [0.2, 0.25) is 10.0 Å². The van der Waals surface area contributed by atoms with Crippen molar-refractivity contribution in [1.82, 2.24) is 9.88 Å². The molecule has 2 heterocycles. The number of hydrogen-bond acceptors (Lipinski definition) is 3. The maximum Gasteiger partial charge on any atom is 0.223 e. The summed E-state index contributed by atoms with van der Waals surface area (Å²) in [6.45, 7) is 1.48. The molecule has 0 aliphatic carbocycles. The van der Waals surface area contributed by atoms with E-state index >= 15 is 0 Å². The molecule has 0 spiro atoms. The Bertz CT molecular complexity index is 779. The molecular formula is C19H21Cl2N3O. The van der Waals surface area contributed by atoms with Crippen molar-refractivity contribution in [2.75, 3.05) is 18.9 Å². The summed E-state index contributed by atoms with van der Waals surface area (Å²) in [5.41, 5.74) is 3.17. The van der Waals surface area contributed by atoms with Gasteiger partial charge in [-0.25, -0.2) is 4.98 Å². The lowest BCUT2D eigenvalue weighted by Crippen LogP contribution is -2.26. The molecule has 0 unspecified atom stereocenters. The van der Waals surface area contributed by atoms with Crippen LogP contribution in [-0.4, -0.2) is 29.4 Å². The number of carbonyl (C=O) groups is 1. The third kappa shape index (κ3) is 4.65. The van der Waals surface area contributed by atoms with Crippen LogP contribution in [0, 0.1) is 0 Å². The number of fused-ring (bicyclic) bond motifs is 1. The number of halogens is 2. The van der Waals surface area contributed by atoms with E-state index in [0.717, 1.165) is 36.5 Å². The fraction of sp³-hybridized carbons (Fsp3) is 0.368. The predicted octanol–water partition coefficient (Wildman–Crippen LogP) is 4.34. The van der Waals surface area contributed by atoms with Gasteiger partial charge < -0.3 is 10.2 Å². The average molecular weight is 378 g/mol. The first-order valence-electron chi connectivity index (χ1n) is 8.43. The SMILES string of the molecule is CN(Cc1ccc(Cl)c(Cl)c1)C(=O)CCc1ccc2c(n1)NCCC2. The van der Waals surface area contributed by atoms with E-state index in [2.05, 4.69) is 16.4 Å².